The van der Waals surface area contributed by atoms with Crippen LogP contribution in [0.5, 0.6) is 0 Å². The average Bonchev–Trinajstić information content (AvgIpc) is 3.06. The number of para-hydroxylation sites is 1. The van der Waals surface area contributed by atoms with Crippen molar-refractivity contribution < 1.29 is 4.79 Å². The minimum Gasteiger partial charge on any atom is -0.368 e. The molecule has 4 rings (SSSR count). The van der Waals surface area contributed by atoms with Crippen molar-refractivity contribution in [3.63, 3.8) is 0 Å². The molecule has 120 valence electrons. The number of hydrogen-bond acceptors (Lipinski definition) is 3. The lowest BCUT2D eigenvalue weighted by Gasteiger charge is -2.36. The number of amides is 1. The molecule has 1 amide bonds. The molecule has 0 atom stereocenters. The molecule has 4 heteroatoms. The molecule has 1 fully saturated rings. The van der Waals surface area contributed by atoms with E-state index in [1.54, 1.807) is 11.3 Å². The maximum Gasteiger partial charge on any atom is 0.264 e. The molecule has 0 unspecified atom stereocenters. The monoisotopic (exact) mass is 326 g/mol. The number of anilines is 1. The lowest BCUT2D eigenvalue weighted by atomic mass is 9.93. The van der Waals surface area contributed by atoms with Crippen LogP contribution in [0.4, 0.5) is 5.69 Å². The predicted molar refractivity (Wildman–Crippen MR) is 95.5 cm³/mol. The van der Waals surface area contributed by atoms with Gasteiger partial charge in [0, 0.05) is 31.9 Å². The number of piperazine rings is 1. The molecule has 1 aromatic carbocycles. The van der Waals surface area contributed by atoms with E-state index in [0.717, 1.165) is 43.9 Å². The summed E-state index contributed by atoms with van der Waals surface area (Å²) in [5.41, 5.74) is 4.03. The third-order valence-corrected chi connectivity index (χ3v) is 6.05. The summed E-state index contributed by atoms with van der Waals surface area (Å²) in [7, 11) is 0. The highest BCUT2D eigenvalue weighted by Crippen LogP contribution is 2.31. The number of aryl methyl sites for hydroxylation is 1. The average molecular weight is 326 g/mol. The van der Waals surface area contributed by atoms with Crippen molar-refractivity contribution in [2.45, 2.75) is 25.7 Å². The number of hydrogen-bond donors (Lipinski definition) is 0. The van der Waals surface area contributed by atoms with E-state index in [4.69, 9.17) is 0 Å². The van der Waals surface area contributed by atoms with Gasteiger partial charge < -0.3 is 9.80 Å². The first-order chi connectivity index (χ1) is 11.3. The van der Waals surface area contributed by atoms with Gasteiger partial charge in [0.25, 0.3) is 5.91 Å². The van der Waals surface area contributed by atoms with Gasteiger partial charge in [-0.25, -0.2) is 0 Å². The van der Waals surface area contributed by atoms with E-state index in [2.05, 4.69) is 34.5 Å². The van der Waals surface area contributed by atoms with Crippen molar-refractivity contribution in [2.24, 2.45) is 0 Å². The van der Waals surface area contributed by atoms with Crippen molar-refractivity contribution in [1.82, 2.24) is 4.90 Å². The zero-order chi connectivity index (χ0) is 15.6. The molecule has 0 saturated carbocycles. The second-order valence-electron chi connectivity index (χ2n) is 6.39. The number of rotatable bonds is 2. The summed E-state index contributed by atoms with van der Waals surface area (Å²) in [6.07, 6.45) is 4.74. The van der Waals surface area contributed by atoms with Gasteiger partial charge in [0.05, 0.1) is 4.88 Å². The SMILES string of the molecule is O=C(c1scc2c1CCCC2)N1CCN(c2ccccc2)CC1. The van der Waals surface area contributed by atoms with Crippen LogP contribution >= 0.6 is 11.3 Å². The Hall–Kier alpha value is -1.81. The molecular weight excluding hydrogens is 304 g/mol. The fourth-order valence-corrected chi connectivity index (χ4v) is 4.77. The minimum absolute atomic E-state index is 0.255. The van der Waals surface area contributed by atoms with Crippen LogP contribution in [0.15, 0.2) is 35.7 Å². The van der Waals surface area contributed by atoms with Gasteiger partial charge in [-0.15, -0.1) is 11.3 Å². The smallest absolute Gasteiger partial charge is 0.264 e. The summed E-state index contributed by atoms with van der Waals surface area (Å²) in [6, 6.07) is 10.5. The van der Waals surface area contributed by atoms with Crippen molar-refractivity contribution in [2.75, 3.05) is 31.1 Å². The number of carbonyl (C=O) groups excluding carboxylic acids is 1. The molecule has 1 aliphatic carbocycles. The van der Waals surface area contributed by atoms with Gasteiger partial charge in [-0.3, -0.25) is 4.79 Å². The van der Waals surface area contributed by atoms with Gasteiger partial charge in [-0.1, -0.05) is 18.2 Å². The van der Waals surface area contributed by atoms with Crippen LogP contribution in [0.2, 0.25) is 0 Å². The van der Waals surface area contributed by atoms with E-state index in [1.165, 1.54) is 29.7 Å². The second kappa shape index (κ2) is 6.36. The van der Waals surface area contributed by atoms with Gasteiger partial charge in [-0.05, 0) is 54.3 Å². The van der Waals surface area contributed by atoms with E-state index in [9.17, 15) is 4.79 Å². The van der Waals surface area contributed by atoms with E-state index in [-0.39, 0.29) is 5.91 Å². The lowest BCUT2D eigenvalue weighted by molar-refractivity contribution is 0.0750. The standard InChI is InChI=1S/C19H22N2OS/c22-19(18-17-9-5-4-6-15(17)14-23-18)21-12-10-20(11-13-21)16-7-2-1-3-8-16/h1-3,7-8,14H,4-6,9-13H2. The zero-order valence-electron chi connectivity index (χ0n) is 13.3. The number of nitrogens with zero attached hydrogens (tertiary/aromatic N) is 2. The molecule has 3 nitrogen and oxygen atoms in total. The summed E-state index contributed by atoms with van der Waals surface area (Å²) in [5, 5.41) is 2.21. The zero-order valence-corrected chi connectivity index (χ0v) is 14.1. The van der Waals surface area contributed by atoms with E-state index in [0.29, 0.717) is 0 Å². The summed E-state index contributed by atoms with van der Waals surface area (Å²) >= 11 is 1.66. The topological polar surface area (TPSA) is 23.6 Å². The van der Waals surface area contributed by atoms with Crippen LogP contribution in [-0.2, 0) is 12.8 Å². The van der Waals surface area contributed by atoms with Crippen LogP contribution in [0.1, 0.15) is 33.6 Å². The van der Waals surface area contributed by atoms with Gasteiger partial charge in [0.1, 0.15) is 0 Å². The molecule has 1 aromatic heterocycles. The summed E-state index contributed by atoms with van der Waals surface area (Å²) in [4.78, 5) is 18.3. The molecule has 0 spiro atoms. The molecule has 2 aliphatic rings. The Labute approximate surface area is 141 Å². The molecule has 0 bridgehead atoms. The second-order valence-corrected chi connectivity index (χ2v) is 7.27. The Morgan fingerprint density at radius 1 is 0.957 bits per heavy atom. The van der Waals surface area contributed by atoms with Crippen LogP contribution in [0.25, 0.3) is 0 Å². The third-order valence-electron chi connectivity index (χ3n) is 4.99. The quantitative estimate of drug-likeness (QED) is 0.842. The Kier molecular flexibility index (Phi) is 4.08. The first-order valence-corrected chi connectivity index (χ1v) is 9.39. The van der Waals surface area contributed by atoms with Gasteiger partial charge in [0.2, 0.25) is 0 Å². The Morgan fingerprint density at radius 2 is 1.70 bits per heavy atom. The Balaban J connectivity index is 1.44. The summed E-state index contributed by atoms with van der Waals surface area (Å²) in [5.74, 6) is 0.255. The maximum atomic E-state index is 12.9. The highest BCUT2D eigenvalue weighted by atomic mass is 32.1. The molecule has 23 heavy (non-hydrogen) atoms. The minimum atomic E-state index is 0.255. The summed E-state index contributed by atoms with van der Waals surface area (Å²) < 4.78 is 0. The number of carbonyl (C=O) groups is 1. The van der Waals surface area contributed by atoms with E-state index in [1.807, 2.05) is 11.0 Å². The van der Waals surface area contributed by atoms with Crippen molar-refractivity contribution in [3.8, 4) is 0 Å². The molecule has 1 aliphatic heterocycles. The number of thiophene rings is 1. The molecule has 2 aromatic rings. The lowest BCUT2D eigenvalue weighted by Crippen LogP contribution is -2.48. The van der Waals surface area contributed by atoms with E-state index < -0.39 is 0 Å². The van der Waals surface area contributed by atoms with Crippen LogP contribution in [0.3, 0.4) is 0 Å². The molecule has 2 heterocycles. The van der Waals surface area contributed by atoms with Crippen molar-refractivity contribution in [3.05, 3.63) is 51.7 Å². The first-order valence-electron chi connectivity index (χ1n) is 8.51. The Morgan fingerprint density at radius 3 is 2.48 bits per heavy atom. The first kappa shape index (κ1) is 14.8. The van der Waals surface area contributed by atoms with Gasteiger partial charge in [0.15, 0.2) is 0 Å². The van der Waals surface area contributed by atoms with Crippen LogP contribution < -0.4 is 4.90 Å². The van der Waals surface area contributed by atoms with Gasteiger partial charge >= 0.3 is 0 Å². The molecule has 0 radical (unpaired) electrons. The van der Waals surface area contributed by atoms with Crippen LogP contribution in [-0.4, -0.2) is 37.0 Å². The number of fused-ring (bicyclic) bond motifs is 1. The molecule has 1 saturated heterocycles. The number of benzene rings is 1. The van der Waals surface area contributed by atoms with Crippen LogP contribution in [0, 0.1) is 0 Å². The largest absolute Gasteiger partial charge is 0.368 e. The highest BCUT2D eigenvalue weighted by Gasteiger charge is 2.27. The Bertz CT molecular complexity index is 687. The van der Waals surface area contributed by atoms with Crippen molar-refractivity contribution >= 4 is 22.9 Å². The summed E-state index contributed by atoms with van der Waals surface area (Å²) in [6.45, 7) is 3.48. The maximum absolute atomic E-state index is 12.9. The normalized spacial score (nSPS) is 17.9. The van der Waals surface area contributed by atoms with Crippen molar-refractivity contribution in [1.29, 1.82) is 0 Å². The molecular formula is C19H22N2OS. The fraction of sp³-hybridized carbons (Fsp3) is 0.421. The highest BCUT2D eigenvalue weighted by molar-refractivity contribution is 7.12. The molecule has 0 N–H and O–H groups in total. The third kappa shape index (κ3) is 2.88. The van der Waals surface area contributed by atoms with Gasteiger partial charge in [-0.2, -0.15) is 0 Å². The predicted octanol–water partition coefficient (Wildman–Crippen LogP) is 3.59. The van der Waals surface area contributed by atoms with E-state index >= 15 is 0 Å². The fourth-order valence-electron chi connectivity index (χ4n) is 3.65.